The van der Waals surface area contributed by atoms with Crippen LogP contribution in [0.1, 0.15) is 87.3 Å². The summed E-state index contributed by atoms with van der Waals surface area (Å²) in [5, 5.41) is 15.5. The highest BCUT2D eigenvalue weighted by molar-refractivity contribution is 7.90. The van der Waals surface area contributed by atoms with Crippen molar-refractivity contribution in [1.82, 2.24) is 25.2 Å². The van der Waals surface area contributed by atoms with Gasteiger partial charge in [0.1, 0.15) is 35.6 Å². The minimum Gasteiger partial charge on any atom is -0.446 e. The normalized spacial score (nSPS) is 27.7. The minimum atomic E-state index is -4.46. The van der Waals surface area contributed by atoms with E-state index < -0.39 is 82.5 Å². The van der Waals surface area contributed by atoms with Crippen molar-refractivity contribution in [3.63, 3.8) is 0 Å². The molecule has 3 fully saturated rings. The number of amides is 5. The Labute approximate surface area is 341 Å². The zero-order valence-electron chi connectivity index (χ0n) is 32.4. The van der Waals surface area contributed by atoms with Crippen LogP contribution in [0.5, 0.6) is 0 Å². The maximum atomic E-state index is 14.5. The Morgan fingerprint density at radius 3 is 2.58 bits per heavy atom. The first-order valence-corrected chi connectivity index (χ1v) is 21.8. The molecule has 314 valence electrons. The minimum absolute atomic E-state index is 0.0180. The van der Waals surface area contributed by atoms with Crippen molar-refractivity contribution in [2.45, 2.75) is 125 Å². The second-order valence-corrected chi connectivity index (χ2v) is 18.0. The molecule has 4 aliphatic heterocycles. The number of alkyl carbamates (subject to hydrolysis) is 1. The molecule has 19 heteroatoms. The number of nitrogens with zero attached hydrogens (tertiary/aromatic N) is 2. The number of sulfonamides is 1. The fraction of sp³-hybridized carbons (Fsp3) is 0.525. The summed E-state index contributed by atoms with van der Waals surface area (Å²) in [6, 6.07) is 6.18. The molecule has 0 bridgehead atoms. The van der Waals surface area contributed by atoms with Gasteiger partial charge in [-0.05, 0) is 86.2 Å². The van der Waals surface area contributed by atoms with Crippen LogP contribution in [0, 0.1) is 11.7 Å². The average Bonchev–Trinajstić information content (AvgIpc) is 3.77. The highest BCUT2D eigenvalue weighted by atomic mass is 32.2. The van der Waals surface area contributed by atoms with E-state index in [1.807, 2.05) is 6.08 Å². The third-order valence-corrected chi connectivity index (χ3v) is 13.6. The molecule has 8 rings (SSSR count). The summed E-state index contributed by atoms with van der Waals surface area (Å²) >= 11 is 0. The first-order chi connectivity index (χ1) is 28.3. The van der Waals surface area contributed by atoms with Crippen molar-refractivity contribution in [2.75, 3.05) is 6.54 Å². The summed E-state index contributed by atoms with van der Waals surface area (Å²) in [5.74, 6) is -3.38. The summed E-state index contributed by atoms with van der Waals surface area (Å²) in [4.78, 5) is 71.9. The number of benzene rings is 2. The maximum absolute atomic E-state index is 14.5. The summed E-state index contributed by atoms with van der Waals surface area (Å²) in [6.07, 6.45) is 6.94. The van der Waals surface area contributed by atoms with Gasteiger partial charge in [0.15, 0.2) is 0 Å². The first-order valence-electron chi connectivity index (χ1n) is 20.3. The lowest BCUT2D eigenvalue weighted by molar-refractivity contribution is -0.141. The van der Waals surface area contributed by atoms with Crippen LogP contribution >= 0.6 is 0 Å². The highest BCUT2D eigenvalue weighted by Gasteiger charge is 2.62. The molecule has 5 amide bonds. The third-order valence-electron chi connectivity index (χ3n) is 12.3. The Bertz CT molecular complexity index is 2170. The maximum Gasteiger partial charge on any atom is 0.491 e. The van der Waals surface area contributed by atoms with Gasteiger partial charge in [-0.1, -0.05) is 43.2 Å². The van der Waals surface area contributed by atoms with Gasteiger partial charge < -0.3 is 34.7 Å². The van der Waals surface area contributed by atoms with Gasteiger partial charge in [0.05, 0.1) is 24.6 Å². The predicted molar refractivity (Wildman–Crippen MR) is 207 cm³/mol. The monoisotopic (exact) mass is 835 g/mol. The van der Waals surface area contributed by atoms with Crippen molar-refractivity contribution < 1.29 is 55.9 Å². The van der Waals surface area contributed by atoms with E-state index >= 15 is 0 Å². The predicted octanol–water partition coefficient (Wildman–Crippen LogP) is 2.40. The quantitative estimate of drug-likeness (QED) is 0.245. The Balaban J connectivity index is 1.04. The number of fused-ring (bicyclic) bond motifs is 4. The van der Waals surface area contributed by atoms with Gasteiger partial charge in [-0.15, -0.1) is 0 Å². The number of ether oxygens (including phenoxy) is 2. The number of carbonyl (C=O) groups is 5. The molecule has 5 atom stereocenters. The zero-order chi connectivity index (χ0) is 41.5. The topological polar surface area (TPSA) is 210 Å². The van der Waals surface area contributed by atoms with Crippen LogP contribution in [0.15, 0.2) is 53.4 Å². The molecule has 0 aromatic heterocycles. The number of halogens is 1. The fourth-order valence-electron chi connectivity index (χ4n) is 8.87. The lowest BCUT2D eigenvalue weighted by Crippen LogP contribution is -2.58. The molecule has 0 spiro atoms. The number of hydrogen-bond donors (Lipinski definition) is 4. The van der Waals surface area contributed by atoms with E-state index in [2.05, 4.69) is 15.4 Å². The summed E-state index contributed by atoms with van der Waals surface area (Å²) in [6.45, 7) is -0.153. The standard InChI is InChI=1S/C40H47BFN5O11S/c42-32-13-8-9-24-20-46(22-30(24)32)39(52)58-28-18-34-35(48)44-40(37(50)45-59(54,55)29-15-16-31-25(17-29)23-56-41(31)53)19-26(40)10-4-2-1-3-5-14-33(36(49)47(34)21-28)43-38(51)57-27-11-6-7-12-27/h4,8-10,13,15-17,26-28,33-34,53H,1-3,5-7,11-12,14,18-23H2,(H,43,51)(H,44,48)(H,45,50)/b10-4-/t26-,28-,33+,34+,40-/m1/s1. The fourth-order valence-corrected chi connectivity index (χ4v) is 9.96. The lowest BCUT2D eigenvalue weighted by Gasteiger charge is -2.30. The molecule has 2 aromatic rings. The average molecular weight is 836 g/mol. The van der Waals surface area contributed by atoms with Crippen LogP contribution in [-0.4, -0.2) is 96.6 Å². The molecular formula is C40H47BFN5O11S. The van der Waals surface area contributed by atoms with Gasteiger partial charge in [-0.3, -0.25) is 19.3 Å². The molecule has 4 heterocycles. The molecule has 2 saturated carbocycles. The van der Waals surface area contributed by atoms with Gasteiger partial charge in [0.25, 0.3) is 15.9 Å². The Hall–Kier alpha value is -5.01. The van der Waals surface area contributed by atoms with Gasteiger partial charge in [0.2, 0.25) is 11.8 Å². The molecule has 2 aliphatic carbocycles. The van der Waals surface area contributed by atoms with E-state index in [0.29, 0.717) is 41.4 Å². The van der Waals surface area contributed by atoms with E-state index in [1.54, 1.807) is 18.2 Å². The number of nitrogens with one attached hydrogen (secondary N) is 3. The molecule has 59 heavy (non-hydrogen) atoms. The zero-order valence-corrected chi connectivity index (χ0v) is 33.2. The molecule has 2 aromatic carbocycles. The highest BCUT2D eigenvalue weighted by Crippen LogP contribution is 2.46. The lowest BCUT2D eigenvalue weighted by atomic mass is 9.80. The van der Waals surface area contributed by atoms with Gasteiger partial charge in [0, 0.05) is 24.4 Å². The molecule has 1 saturated heterocycles. The van der Waals surface area contributed by atoms with Crippen LogP contribution in [0.4, 0.5) is 14.0 Å². The Kier molecular flexibility index (Phi) is 11.4. The van der Waals surface area contributed by atoms with Crippen LogP contribution in [0.2, 0.25) is 0 Å². The van der Waals surface area contributed by atoms with Crippen LogP contribution in [0.25, 0.3) is 0 Å². The molecule has 0 unspecified atom stereocenters. The van der Waals surface area contributed by atoms with E-state index in [0.717, 1.165) is 32.1 Å². The molecular weight excluding hydrogens is 788 g/mol. The first kappa shape index (κ1) is 40.8. The van der Waals surface area contributed by atoms with E-state index in [-0.39, 0.29) is 56.5 Å². The van der Waals surface area contributed by atoms with Crippen LogP contribution < -0.4 is 20.8 Å². The van der Waals surface area contributed by atoms with Crippen LogP contribution in [-0.2, 0) is 58.2 Å². The number of hydrogen-bond acceptors (Lipinski definition) is 11. The van der Waals surface area contributed by atoms with Gasteiger partial charge >= 0.3 is 19.3 Å². The van der Waals surface area contributed by atoms with Crippen molar-refractivity contribution in [2.24, 2.45) is 5.92 Å². The molecule has 4 N–H and O–H groups in total. The Morgan fingerprint density at radius 2 is 1.78 bits per heavy atom. The van der Waals surface area contributed by atoms with Crippen molar-refractivity contribution in [1.29, 1.82) is 0 Å². The van der Waals surface area contributed by atoms with Crippen molar-refractivity contribution in [3.05, 3.63) is 71.1 Å². The van der Waals surface area contributed by atoms with E-state index in [4.69, 9.17) is 14.1 Å². The number of rotatable bonds is 6. The van der Waals surface area contributed by atoms with Crippen molar-refractivity contribution in [3.8, 4) is 0 Å². The smallest absolute Gasteiger partial charge is 0.446 e. The largest absolute Gasteiger partial charge is 0.491 e. The third kappa shape index (κ3) is 8.55. The molecule has 0 radical (unpaired) electrons. The summed E-state index contributed by atoms with van der Waals surface area (Å²) < 4.78 is 60.5. The summed E-state index contributed by atoms with van der Waals surface area (Å²) in [5.41, 5.74) is 0.171. The SMILES string of the molecule is O=C(N[C@H]1CCCCC/C=C\[C@@H]2C[C@@]2(C(=O)NS(=O)(=O)c2ccc3c(c2)COB3O)NC(=O)[C@@H]2C[C@@H](OC(=O)N3Cc4cccc(F)c4C3)CN2C1=O)OC1CCCC1. The molecule has 6 aliphatic rings. The number of carbonyl (C=O) groups excluding carboxylic acids is 5. The second kappa shape index (κ2) is 16.6. The second-order valence-electron chi connectivity index (χ2n) is 16.3. The van der Waals surface area contributed by atoms with E-state index in [9.17, 15) is 41.8 Å². The molecule has 16 nitrogen and oxygen atoms in total. The summed E-state index contributed by atoms with van der Waals surface area (Å²) in [7, 11) is -5.66. The van der Waals surface area contributed by atoms with Crippen LogP contribution in [0.3, 0.4) is 0 Å². The van der Waals surface area contributed by atoms with Gasteiger partial charge in [-0.2, -0.15) is 0 Å². The van der Waals surface area contributed by atoms with E-state index in [1.165, 1.54) is 34.1 Å². The van der Waals surface area contributed by atoms with Gasteiger partial charge in [-0.25, -0.2) is 27.1 Å². The van der Waals surface area contributed by atoms with Crippen molar-refractivity contribution >= 4 is 52.5 Å². The Morgan fingerprint density at radius 1 is 0.983 bits per heavy atom. The number of allylic oxidation sites excluding steroid dienone is 1.